The van der Waals surface area contributed by atoms with E-state index in [1.807, 2.05) is 65.4 Å². The molecule has 202 valence electrons. The molecule has 3 aromatic carbocycles. The van der Waals surface area contributed by atoms with Gasteiger partial charge in [-0.1, -0.05) is 42.1 Å². The van der Waals surface area contributed by atoms with Crippen LogP contribution in [0.15, 0.2) is 106 Å². The van der Waals surface area contributed by atoms with Gasteiger partial charge >= 0.3 is 5.69 Å². The lowest BCUT2D eigenvalue weighted by atomic mass is 10.2. The summed E-state index contributed by atoms with van der Waals surface area (Å²) in [5.74, 6) is 0.938. The van der Waals surface area contributed by atoms with Crippen molar-refractivity contribution in [2.45, 2.75) is 5.16 Å². The van der Waals surface area contributed by atoms with Gasteiger partial charge in [-0.2, -0.15) is 0 Å². The number of ether oxygens (including phenoxy) is 2. The zero-order chi connectivity index (χ0) is 28.1. The van der Waals surface area contributed by atoms with Crippen LogP contribution in [0.2, 0.25) is 0 Å². The Labute approximate surface area is 233 Å². The van der Waals surface area contributed by atoms with Gasteiger partial charge in [-0.15, -0.1) is 0 Å². The predicted octanol–water partition coefficient (Wildman–Crippen LogP) is 4.13. The van der Waals surface area contributed by atoms with E-state index in [9.17, 15) is 14.4 Å². The lowest BCUT2D eigenvalue weighted by molar-refractivity contribution is -0.113. The summed E-state index contributed by atoms with van der Waals surface area (Å²) in [5, 5.41) is 3.30. The van der Waals surface area contributed by atoms with Crippen LogP contribution >= 0.6 is 11.8 Å². The van der Waals surface area contributed by atoms with Crippen LogP contribution in [-0.4, -0.2) is 45.0 Å². The maximum absolute atomic E-state index is 13.1. The van der Waals surface area contributed by atoms with E-state index in [0.717, 1.165) is 22.7 Å². The number of methoxy groups -OCH3 is 2. The first-order valence-corrected chi connectivity index (χ1v) is 13.2. The molecule has 0 bridgehead atoms. The van der Waals surface area contributed by atoms with Crippen LogP contribution in [0.3, 0.4) is 0 Å². The molecule has 0 aliphatic carbocycles. The van der Waals surface area contributed by atoms with Crippen molar-refractivity contribution in [3.05, 3.63) is 112 Å². The lowest BCUT2D eigenvalue weighted by Gasteiger charge is -2.13. The molecule has 2 N–H and O–H groups in total. The van der Waals surface area contributed by atoms with Gasteiger partial charge in [0.25, 0.3) is 5.56 Å². The number of hydrogen-bond acceptors (Lipinski definition) is 7. The topological polar surface area (TPSA) is 120 Å². The SMILES string of the molecule is COc1ccc(-n2cc(-c3ccccc3)nc2SCC(=O)Nc2cc(=O)[nH]c(=O)n2-c2ccc(OC)cc2)cc1. The molecule has 0 aliphatic rings. The van der Waals surface area contributed by atoms with Crippen molar-refractivity contribution in [3.63, 3.8) is 0 Å². The van der Waals surface area contributed by atoms with Crippen LogP contribution in [0.4, 0.5) is 5.82 Å². The molecule has 5 rings (SSSR count). The number of benzene rings is 3. The van der Waals surface area contributed by atoms with E-state index in [1.54, 1.807) is 31.4 Å². The van der Waals surface area contributed by atoms with Crippen LogP contribution in [0.5, 0.6) is 11.5 Å². The summed E-state index contributed by atoms with van der Waals surface area (Å²) in [6.45, 7) is 0. The highest BCUT2D eigenvalue weighted by atomic mass is 32.2. The van der Waals surface area contributed by atoms with E-state index in [-0.39, 0.29) is 11.6 Å². The van der Waals surface area contributed by atoms with Gasteiger partial charge in [0.1, 0.15) is 17.3 Å². The Morgan fingerprint density at radius 2 is 1.52 bits per heavy atom. The van der Waals surface area contributed by atoms with E-state index in [2.05, 4.69) is 10.3 Å². The molecule has 0 atom stereocenters. The number of rotatable bonds is 9. The van der Waals surface area contributed by atoms with Crippen LogP contribution in [0.1, 0.15) is 0 Å². The summed E-state index contributed by atoms with van der Waals surface area (Å²) in [6.07, 6.45) is 1.91. The van der Waals surface area contributed by atoms with Crippen molar-refractivity contribution in [1.82, 2.24) is 19.1 Å². The third-order valence-electron chi connectivity index (χ3n) is 5.97. The quantitative estimate of drug-likeness (QED) is 0.263. The third kappa shape index (κ3) is 5.84. The second kappa shape index (κ2) is 11.8. The molecule has 40 heavy (non-hydrogen) atoms. The molecular weight excluding hydrogens is 530 g/mol. The summed E-state index contributed by atoms with van der Waals surface area (Å²) in [5.41, 5.74) is 1.69. The van der Waals surface area contributed by atoms with Crippen molar-refractivity contribution in [3.8, 4) is 34.1 Å². The molecular formula is C29H25N5O5S. The van der Waals surface area contributed by atoms with Crippen molar-refractivity contribution in [1.29, 1.82) is 0 Å². The Kier molecular flexibility index (Phi) is 7.83. The number of nitrogens with zero attached hydrogens (tertiary/aromatic N) is 3. The molecule has 0 saturated carbocycles. The van der Waals surface area contributed by atoms with E-state index in [1.165, 1.54) is 29.5 Å². The highest BCUT2D eigenvalue weighted by molar-refractivity contribution is 7.99. The highest BCUT2D eigenvalue weighted by Crippen LogP contribution is 2.28. The smallest absolute Gasteiger partial charge is 0.334 e. The molecule has 0 saturated heterocycles. The summed E-state index contributed by atoms with van der Waals surface area (Å²) in [6, 6.07) is 25.1. The Hall–Kier alpha value is -5.03. The first-order chi connectivity index (χ1) is 19.4. The Balaban J connectivity index is 1.41. The van der Waals surface area contributed by atoms with Gasteiger partial charge in [0, 0.05) is 23.5 Å². The van der Waals surface area contributed by atoms with Crippen molar-refractivity contribution in [2.75, 3.05) is 25.3 Å². The zero-order valence-corrected chi connectivity index (χ0v) is 22.5. The van der Waals surface area contributed by atoms with E-state index in [0.29, 0.717) is 16.6 Å². The van der Waals surface area contributed by atoms with Gasteiger partial charge in [0.2, 0.25) is 5.91 Å². The number of imidazole rings is 1. The fourth-order valence-corrected chi connectivity index (χ4v) is 4.82. The number of aromatic amines is 1. The third-order valence-corrected chi connectivity index (χ3v) is 6.92. The molecule has 11 heteroatoms. The first kappa shape index (κ1) is 26.6. The number of carbonyl (C=O) groups excluding carboxylic acids is 1. The molecule has 2 heterocycles. The number of amides is 1. The maximum Gasteiger partial charge on any atom is 0.334 e. The minimum atomic E-state index is -0.678. The fraction of sp³-hybridized carbons (Fsp3) is 0.103. The number of anilines is 1. The average molecular weight is 556 g/mol. The Bertz CT molecular complexity index is 1740. The molecule has 0 spiro atoms. The standard InChI is InChI=1S/C29H25N5O5S/c1-38-22-12-8-20(9-13-22)33-17-24(19-6-4-3-5-7-19)30-29(33)40-18-27(36)31-25-16-26(35)32-28(37)34(25)21-10-14-23(39-2)15-11-21/h3-17H,18H2,1-2H3,(H,31,36)(H,32,35,37). The summed E-state index contributed by atoms with van der Waals surface area (Å²) >= 11 is 1.23. The summed E-state index contributed by atoms with van der Waals surface area (Å²) < 4.78 is 13.6. The molecule has 0 unspecified atom stereocenters. The van der Waals surface area contributed by atoms with E-state index >= 15 is 0 Å². The molecule has 5 aromatic rings. The number of nitrogens with one attached hydrogen (secondary N) is 2. The lowest BCUT2D eigenvalue weighted by Crippen LogP contribution is -2.32. The fourth-order valence-electron chi connectivity index (χ4n) is 4.03. The number of carbonyl (C=O) groups is 1. The normalized spacial score (nSPS) is 10.8. The average Bonchev–Trinajstić information content (AvgIpc) is 3.41. The molecule has 0 radical (unpaired) electrons. The Morgan fingerprint density at radius 1 is 0.900 bits per heavy atom. The van der Waals surface area contributed by atoms with E-state index in [4.69, 9.17) is 14.5 Å². The maximum atomic E-state index is 13.1. The van der Waals surface area contributed by atoms with Crippen LogP contribution < -0.4 is 26.0 Å². The van der Waals surface area contributed by atoms with Crippen molar-refractivity contribution in [2.24, 2.45) is 0 Å². The van der Waals surface area contributed by atoms with Crippen LogP contribution in [0, 0.1) is 0 Å². The first-order valence-electron chi connectivity index (χ1n) is 12.2. The predicted molar refractivity (Wildman–Crippen MR) is 154 cm³/mol. The molecule has 0 aliphatic heterocycles. The van der Waals surface area contributed by atoms with E-state index < -0.39 is 17.2 Å². The summed E-state index contributed by atoms with van der Waals surface area (Å²) in [7, 11) is 3.14. The number of thioether (sulfide) groups is 1. The minimum absolute atomic E-state index is 0.0228. The second-order valence-corrected chi connectivity index (χ2v) is 9.48. The zero-order valence-electron chi connectivity index (χ0n) is 21.7. The van der Waals surface area contributed by atoms with Crippen LogP contribution in [-0.2, 0) is 4.79 Å². The molecule has 0 fully saturated rings. The molecule has 1 amide bonds. The second-order valence-electron chi connectivity index (χ2n) is 8.54. The van der Waals surface area contributed by atoms with Gasteiger partial charge in [-0.05, 0) is 48.5 Å². The van der Waals surface area contributed by atoms with Crippen LogP contribution in [0.25, 0.3) is 22.6 Å². The molecule has 10 nitrogen and oxygen atoms in total. The highest BCUT2D eigenvalue weighted by Gasteiger charge is 2.16. The number of aromatic nitrogens is 4. The van der Waals surface area contributed by atoms with Crippen molar-refractivity contribution >= 4 is 23.5 Å². The monoisotopic (exact) mass is 555 g/mol. The van der Waals surface area contributed by atoms with Gasteiger partial charge < -0.3 is 14.8 Å². The van der Waals surface area contributed by atoms with Gasteiger partial charge in [-0.3, -0.25) is 19.1 Å². The largest absolute Gasteiger partial charge is 0.497 e. The summed E-state index contributed by atoms with van der Waals surface area (Å²) in [4.78, 5) is 44.8. The van der Waals surface area contributed by atoms with Gasteiger partial charge in [0.05, 0.1) is 31.4 Å². The van der Waals surface area contributed by atoms with Gasteiger partial charge in [-0.25, -0.2) is 14.3 Å². The van der Waals surface area contributed by atoms with Gasteiger partial charge in [0.15, 0.2) is 5.16 Å². The Morgan fingerprint density at radius 3 is 2.15 bits per heavy atom. The minimum Gasteiger partial charge on any atom is -0.497 e. The molecule has 2 aromatic heterocycles. The number of hydrogen-bond donors (Lipinski definition) is 2. The van der Waals surface area contributed by atoms with Crippen molar-refractivity contribution < 1.29 is 14.3 Å². The number of H-pyrrole nitrogens is 1.